The molecule has 68 valence electrons. The highest BCUT2D eigenvalue weighted by atomic mass is 16.4. The van der Waals surface area contributed by atoms with Crippen LogP contribution in [0.4, 0.5) is 0 Å². The second-order valence-electron chi connectivity index (χ2n) is 2.28. The third-order valence-electron chi connectivity index (χ3n) is 0.390. The number of primary amides is 1. The first-order chi connectivity index (χ1) is 5.36. The van der Waals surface area contributed by atoms with Gasteiger partial charge in [-0.15, -0.1) is 6.58 Å². The maximum absolute atomic E-state index is 9.78. The molecule has 0 aromatic carbocycles. The molecule has 0 radical (unpaired) electrons. The van der Waals surface area contributed by atoms with Crippen LogP contribution in [0.5, 0.6) is 0 Å². The Morgan fingerprint density at radius 3 is 1.75 bits per heavy atom. The van der Waals surface area contributed by atoms with E-state index in [1.807, 2.05) is 13.8 Å². The summed E-state index contributed by atoms with van der Waals surface area (Å²) in [5.74, 6) is -1.93. The van der Waals surface area contributed by atoms with E-state index in [0.717, 1.165) is 6.08 Å². The molecule has 0 saturated heterocycles. The Bertz CT molecular complexity index is 186. The number of carbonyl (C=O) groups is 2. The smallest absolute Gasteiger partial charge is 0.328 e. The summed E-state index contributed by atoms with van der Waals surface area (Å²) in [6.45, 7) is 7.50. The van der Waals surface area contributed by atoms with E-state index in [1.54, 1.807) is 0 Å². The summed E-state index contributed by atoms with van der Waals surface area (Å²) in [6.07, 6.45) is 1.46. The molecule has 0 aliphatic heterocycles. The second kappa shape index (κ2) is 7.53. The number of carboxylic acid groups (broad SMARTS) is 1. The molecule has 0 aromatic rings. The number of hydrogen-bond donors (Lipinski definition) is 2. The first-order valence-electron chi connectivity index (χ1n) is 3.18. The largest absolute Gasteiger partial charge is 0.478 e. The lowest BCUT2D eigenvalue weighted by molar-refractivity contribution is -0.131. The van der Waals surface area contributed by atoms with Crippen molar-refractivity contribution < 1.29 is 14.7 Å². The van der Waals surface area contributed by atoms with Gasteiger partial charge < -0.3 is 10.8 Å². The summed E-state index contributed by atoms with van der Waals surface area (Å²) in [5, 5.41) is 7.87. The van der Waals surface area contributed by atoms with Crippen LogP contribution in [-0.2, 0) is 9.59 Å². The van der Waals surface area contributed by atoms with Crippen molar-refractivity contribution in [1.82, 2.24) is 0 Å². The molecular weight excluding hydrogens is 158 g/mol. The molecule has 0 saturated carbocycles. The average Bonchev–Trinajstić information content (AvgIpc) is 1.82. The molecule has 0 rings (SSSR count). The van der Waals surface area contributed by atoms with Gasteiger partial charge in [0.2, 0.25) is 5.91 Å². The van der Waals surface area contributed by atoms with E-state index in [4.69, 9.17) is 5.11 Å². The van der Waals surface area contributed by atoms with Crippen LogP contribution in [0.2, 0.25) is 0 Å². The van der Waals surface area contributed by atoms with E-state index in [0.29, 0.717) is 6.08 Å². The predicted octanol–water partition coefficient (Wildman–Crippen LogP) is 0.695. The standard InChI is InChI=1S/C4H5NO3.C4H8/c5-3(6)1-2-4(7)8;1-4(2)3/h1-2H,(H2,5,6)(H,7,8);1H2,2-3H3/b2-1-;. The Morgan fingerprint density at radius 1 is 1.33 bits per heavy atom. The zero-order valence-corrected chi connectivity index (χ0v) is 7.20. The van der Waals surface area contributed by atoms with Crippen LogP contribution in [0, 0.1) is 0 Å². The third kappa shape index (κ3) is 39.6. The normalized spacial score (nSPS) is 8.50. The van der Waals surface area contributed by atoms with Gasteiger partial charge in [0.15, 0.2) is 0 Å². The lowest BCUT2D eigenvalue weighted by Crippen LogP contribution is -2.06. The van der Waals surface area contributed by atoms with Gasteiger partial charge in [-0.25, -0.2) is 4.79 Å². The van der Waals surface area contributed by atoms with Gasteiger partial charge in [-0.2, -0.15) is 0 Å². The zero-order chi connectivity index (χ0) is 10.1. The summed E-state index contributed by atoms with van der Waals surface area (Å²) in [7, 11) is 0. The topological polar surface area (TPSA) is 80.4 Å². The molecule has 0 aliphatic rings. The summed E-state index contributed by atoms with van der Waals surface area (Å²) < 4.78 is 0. The molecule has 4 heteroatoms. The van der Waals surface area contributed by atoms with Crippen LogP contribution in [0.25, 0.3) is 0 Å². The van der Waals surface area contributed by atoms with Gasteiger partial charge >= 0.3 is 5.97 Å². The van der Waals surface area contributed by atoms with Gasteiger partial charge in [0.25, 0.3) is 0 Å². The van der Waals surface area contributed by atoms with Gasteiger partial charge in [0.1, 0.15) is 0 Å². The molecule has 0 bridgehead atoms. The van der Waals surface area contributed by atoms with E-state index in [9.17, 15) is 9.59 Å². The van der Waals surface area contributed by atoms with Crippen molar-refractivity contribution >= 4 is 11.9 Å². The van der Waals surface area contributed by atoms with Gasteiger partial charge in [0, 0.05) is 12.2 Å². The molecule has 0 spiro atoms. The number of carbonyl (C=O) groups excluding carboxylic acids is 1. The molecule has 0 fully saturated rings. The number of nitrogens with two attached hydrogens (primary N) is 1. The fourth-order valence-corrected chi connectivity index (χ4v) is 0.153. The van der Waals surface area contributed by atoms with Crippen LogP contribution in [-0.4, -0.2) is 17.0 Å². The number of amides is 1. The van der Waals surface area contributed by atoms with E-state index >= 15 is 0 Å². The minimum atomic E-state index is -1.18. The summed E-state index contributed by atoms with van der Waals surface area (Å²) >= 11 is 0. The van der Waals surface area contributed by atoms with Gasteiger partial charge in [-0.1, -0.05) is 5.57 Å². The second-order valence-corrected chi connectivity index (χ2v) is 2.28. The molecular formula is C8H13NO3. The fourth-order valence-electron chi connectivity index (χ4n) is 0.153. The summed E-state index contributed by atoms with van der Waals surface area (Å²) in [5.41, 5.74) is 5.72. The van der Waals surface area contributed by atoms with Gasteiger partial charge in [-0.05, 0) is 13.8 Å². The monoisotopic (exact) mass is 171 g/mol. The Hall–Kier alpha value is -1.58. The fraction of sp³-hybridized carbons (Fsp3) is 0.250. The zero-order valence-electron chi connectivity index (χ0n) is 7.20. The molecule has 0 aromatic heterocycles. The maximum atomic E-state index is 9.78. The summed E-state index contributed by atoms with van der Waals surface area (Å²) in [4.78, 5) is 19.4. The lowest BCUT2D eigenvalue weighted by Gasteiger charge is -1.75. The highest BCUT2D eigenvalue weighted by Crippen LogP contribution is 1.73. The van der Waals surface area contributed by atoms with Crippen molar-refractivity contribution in [1.29, 1.82) is 0 Å². The Labute approximate surface area is 71.4 Å². The summed E-state index contributed by atoms with van der Waals surface area (Å²) in [6, 6.07) is 0. The van der Waals surface area contributed by atoms with Gasteiger partial charge in [-0.3, -0.25) is 4.79 Å². The van der Waals surface area contributed by atoms with Crippen LogP contribution in [0.15, 0.2) is 24.3 Å². The van der Waals surface area contributed by atoms with E-state index in [1.165, 1.54) is 5.57 Å². The Balaban J connectivity index is 0. The molecule has 0 aliphatic carbocycles. The van der Waals surface area contributed by atoms with Crippen molar-refractivity contribution in [3.8, 4) is 0 Å². The molecule has 0 heterocycles. The third-order valence-corrected chi connectivity index (χ3v) is 0.390. The highest BCUT2D eigenvalue weighted by molar-refractivity contribution is 5.92. The van der Waals surface area contributed by atoms with Crippen molar-refractivity contribution in [2.24, 2.45) is 5.73 Å². The number of carboxylic acids is 1. The quantitative estimate of drug-likeness (QED) is 0.474. The molecule has 12 heavy (non-hydrogen) atoms. The Morgan fingerprint density at radius 2 is 1.67 bits per heavy atom. The van der Waals surface area contributed by atoms with Crippen LogP contribution < -0.4 is 5.73 Å². The number of hydrogen-bond acceptors (Lipinski definition) is 2. The minimum Gasteiger partial charge on any atom is -0.478 e. The number of allylic oxidation sites excluding steroid dienone is 1. The van der Waals surface area contributed by atoms with E-state index < -0.39 is 11.9 Å². The molecule has 3 N–H and O–H groups in total. The molecule has 0 atom stereocenters. The van der Waals surface area contributed by atoms with Crippen molar-refractivity contribution in [3.63, 3.8) is 0 Å². The van der Waals surface area contributed by atoms with Gasteiger partial charge in [0.05, 0.1) is 0 Å². The van der Waals surface area contributed by atoms with Crippen LogP contribution >= 0.6 is 0 Å². The molecule has 0 unspecified atom stereocenters. The minimum absolute atomic E-state index is 0.683. The SMILES string of the molecule is C=C(C)C.NC(=O)/C=C\C(=O)O. The lowest BCUT2D eigenvalue weighted by atomic mass is 10.4. The van der Waals surface area contributed by atoms with Crippen LogP contribution in [0.3, 0.4) is 0 Å². The van der Waals surface area contributed by atoms with E-state index in [2.05, 4.69) is 12.3 Å². The first kappa shape index (κ1) is 13.0. The first-order valence-corrected chi connectivity index (χ1v) is 3.18. The maximum Gasteiger partial charge on any atom is 0.328 e. The highest BCUT2D eigenvalue weighted by Gasteiger charge is 1.86. The van der Waals surface area contributed by atoms with Crippen LogP contribution in [0.1, 0.15) is 13.8 Å². The predicted molar refractivity (Wildman–Crippen MR) is 46.5 cm³/mol. The number of rotatable bonds is 2. The van der Waals surface area contributed by atoms with Crippen molar-refractivity contribution in [2.45, 2.75) is 13.8 Å². The average molecular weight is 171 g/mol. The van der Waals surface area contributed by atoms with E-state index in [-0.39, 0.29) is 0 Å². The van der Waals surface area contributed by atoms with Crippen molar-refractivity contribution in [2.75, 3.05) is 0 Å². The number of aliphatic carboxylic acids is 1. The Kier molecular flexibility index (Phi) is 8.18. The molecule has 1 amide bonds. The van der Waals surface area contributed by atoms with Crippen molar-refractivity contribution in [3.05, 3.63) is 24.3 Å². The molecule has 4 nitrogen and oxygen atoms in total.